The number of likely N-dealkylation sites (tertiary alicyclic amines) is 1. The molecule has 1 aliphatic heterocycles. The highest BCUT2D eigenvalue weighted by Crippen LogP contribution is 2.15. The van der Waals surface area contributed by atoms with E-state index in [0.717, 1.165) is 12.1 Å². The van der Waals surface area contributed by atoms with Crippen molar-refractivity contribution in [3.8, 4) is 0 Å². The number of amides is 1. The quantitative estimate of drug-likeness (QED) is 0.638. The summed E-state index contributed by atoms with van der Waals surface area (Å²) in [5.41, 5.74) is 1.16. The average Bonchev–Trinajstić information content (AvgIpc) is 2.65. The van der Waals surface area contributed by atoms with Gasteiger partial charge >= 0.3 is 0 Å². The SMILES string of the molecule is O=C1CC(S)CN1CCOCc1ccccc1. The fourth-order valence-electron chi connectivity index (χ4n) is 1.91. The molecule has 1 aromatic carbocycles. The number of thiol groups is 1. The molecule has 1 aromatic rings. The van der Waals surface area contributed by atoms with Gasteiger partial charge in [0.2, 0.25) is 5.91 Å². The molecule has 0 saturated carbocycles. The lowest BCUT2D eigenvalue weighted by atomic mass is 10.2. The molecule has 1 amide bonds. The minimum absolute atomic E-state index is 0.188. The Morgan fingerprint density at radius 1 is 1.35 bits per heavy atom. The summed E-state index contributed by atoms with van der Waals surface area (Å²) in [6, 6.07) is 10.0. The lowest BCUT2D eigenvalue weighted by Crippen LogP contribution is -2.29. The van der Waals surface area contributed by atoms with E-state index in [1.54, 1.807) is 0 Å². The largest absolute Gasteiger partial charge is 0.375 e. The molecular formula is C13H17NO2S. The topological polar surface area (TPSA) is 29.5 Å². The normalized spacial score (nSPS) is 19.9. The molecule has 0 N–H and O–H groups in total. The molecule has 1 aliphatic rings. The molecule has 2 rings (SSSR count). The van der Waals surface area contributed by atoms with Crippen LogP contribution in [0.4, 0.5) is 0 Å². The first-order valence-electron chi connectivity index (χ1n) is 5.83. The molecule has 0 aliphatic carbocycles. The summed E-state index contributed by atoms with van der Waals surface area (Å²) in [5, 5.41) is 0.191. The maximum Gasteiger partial charge on any atom is 0.223 e. The molecule has 92 valence electrons. The number of hydrogen-bond acceptors (Lipinski definition) is 3. The van der Waals surface area contributed by atoms with Gasteiger partial charge in [-0.1, -0.05) is 30.3 Å². The highest BCUT2D eigenvalue weighted by molar-refractivity contribution is 7.81. The van der Waals surface area contributed by atoms with Gasteiger partial charge in [-0.2, -0.15) is 12.6 Å². The zero-order valence-corrected chi connectivity index (χ0v) is 10.6. The molecule has 0 bridgehead atoms. The number of benzene rings is 1. The number of nitrogens with zero attached hydrogens (tertiary/aromatic N) is 1. The van der Waals surface area contributed by atoms with Crippen molar-refractivity contribution >= 4 is 18.5 Å². The molecule has 4 heteroatoms. The first-order valence-corrected chi connectivity index (χ1v) is 6.35. The number of rotatable bonds is 5. The third-order valence-electron chi connectivity index (χ3n) is 2.81. The molecule has 1 heterocycles. The Kier molecular flexibility index (Phi) is 4.45. The third kappa shape index (κ3) is 3.75. The minimum Gasteiger partial charge on any atom is -0.375 e. The zero-order chi connectivity index (χ0) is 12.1. The van der Waals surface area contributed by atoms with Crippen LogP contribution >= 0.6 is 12.6 Å². The van der Waals surface area contributed by atoms with Crippen LogP contribution in [0.25, 0.3) is 0 Å². The number of hydrogen-bond donors (Lipinski definition) is 1. The van der Waals surface area contributed by atoms with Gasteiger partial charge in [0.05, 0.1) is 13.2 Å². The van der Waals surface area contributed by atoms with Crippen molar-refractivity contribution in [3.05, 3.63) is 35.9 Å². The van der Waals surface area contributed by atoms with Gasteiger partial charge in [-0.15, -0.1) is 0 Å². The Morgan fingerprint density at radius 3 is 2.76 bits per heavy atom. The van der Waals surface area contributed by atoms with Gasteiger partial charge < -0.3 is 9.64 Å². The fraction of sp³-hybridized carbons (Fsp3) is 0.462. The van der Waals surface area contributed by atoms with Crippen LogP contribution in [0.2, 0.25) is 0 Å². The Balaban J connectivity index is 1.65. The molecular weight excluding hydrogens is 234 g/mol. The summed E-state index contributed by atoms with van der Waals surface area (Å²) in [5.74, 6) is 0.188. The van der Waals surface area contributed by atoms with E-state index < -0.39 is 0 Å². The number of carbonyl (C=O) groups is 1. The summed E-state index contributed by atoms with van der Waals surface area (Å²) >= 11 is 4.31. The van der Waals surface area contributed by atoms with E-state index in [-0.39, 0.29) is 11.2 Å². The first-order chi connectivity index (χ1) is 8.25. The van der Waals surface area contributed by atoms with Gasteiger partial charge in [0.15, 0.2) is 0 Å². The van der Waals surface area contributed by atoms with Crippen LogP contribution in [0.5, 0.6) is 0 Å². The van der Waals surface area contributed by atoms with Crippen molar-refractivity contribution < 1.29 is 9.53 Å². The zero-order valence-electron chi connectivity index (χ0n) is 9.71. The molecule has 17 heavy (non-hydrogen) atoms. The highest BCUT2D eigenvalue weighted by Gasteiger charge is 2.26. The predicted octanol–water partition coefficient (Wildman–Crippen LogP) is 1.73. The number of ether oxygens (including phenoxy) is 1. The van der Waals surface area contributed by atoms with Gasteiger partial charge in [0.1, 0.15) is 0 Å². The van der Waals surface area contributed by atoms with E-state index in [1.807, 2.05) is 35.2 Å². The second kappa shape index (κ2) is 6.07. The maximum absolute atomic E-state index is 11.5. The Morgan fingerprint density at radius 2 is 2.12 bits per heavy atom. The van der Waals surface area contributed by atoms with Gasteiger partial charge in [0.25, 0.3) is 0 Å². The Hall–Kier alpha value is -1.00. The lowest BCUT2D eigenvalue weighted by molar-refractivity contribution is -0.128. The van der Waals surface area contributed by atoms with Crippen molar-refractivity contribution in [2.24, 2.45) is 0 Å². The second-order valence-electron chi connectivity index (χ2n) is 4.24. The minimum atomic E-state index is 0.188. The molecule has 1 atom stereocenters. The van der Waals surface area contributed by atoms with E-state index in [0.29, 0.717) is 26.2 Å². The fourth-order valence-corrected chi connectivity index (χ4v) is 2.26. The highest BCUT2D eigenvalue weighted by atomic mass is 32.1. The van der Waals surface area contributed by atoms with Gasteiger partial charge in [-0.25, -0.2) is 0 Å². The van der Waals surface area contributed by atoms with Gasteiger partial charge in [0, 0.05) is 24.8 Å². The first kappa shape index (κ1) is 12.5. The van der Waals surface area contributed by atoms with Crippen molar-refractivity contribution in [2.45, 2.75) is 18.3 Å². The molecule has 0 spiro atoms. The van der Waals surface area contributed by atoms with Crippen molar-refractivity contribution in [1.82, 2.24) is 4.90 Å². The van der Waals surface area contributed by atoms with E-state index in [4.69, 9.17) is 4.74 Å². The van der Waals surface area contributed by atoms with E-state index in [9.17, 15) is 4.79 Å². The lowest BCUT2D eigenvalue weighted by Gasteiger charge is -2.15. The van der Waals surface area contributed by atoms with Gasteiger partial charge in [-0.3, -0.25) is 4.79 Å². The van der Waals surface area contributed by atoms with Crippen LogP contribution in [-0.2, 0) is 16.1 Å². The van der Waals surface area contributed by atoms with Crippen molar-refractivity contribution in [3.63, 3.8) is 0 Å². The molecule has 3 nitrogen and oxygen atoms in total. The Bertz CT molecular complexity index is 369. The second-order valence-corrected chi connectivity index (χ2v) is 4.97. The summed E-state index contributed by atoms with van der Waals surface area (Å²) in [4.78, 5) is 13.3. The third-order valence-corrected chi connectivity index (χ3v) is 3.16. The molecule has 1 unspecified atom stereocenters. The van der Waals surface area contributed by atoms with Crippen molar-refractivity contribution in [2.75, 3.05) is 19.7 Å². The molecule has 0 radical (unpaired) electrons. The standard InChI is InChI=1S/C13H17NO2S/c15-13-8-12(17)9-14(13)6-7-16-10-11-4-2-1-3-5-11/h1-5,12,17H,6-10H2. The number of carbonyl (C=O) groups excluding carboxylic acids is 1. The van der Waals surface area contributed by atoms with Crippen LogP contribution < -0.4 is 0 Å². The summed E-state index contributed by atoms with van der Waals surface area (Å²) in [6.45, 7) is 2.60. The van der Waals surface area contributed by atoms with Crippen LogP contribution in [0.1, 0.15) is 12.0 Å². The summed E-state index contributed by atoms with van der Waals surface area (Å²) < 4.78 is 5.55. The van der Waals surface area contributed by atoms with Crippen LogP contribution in [-0.4, -0.2) is 35.8 Å². The van der Waals surface area contributed by atoms with E-state index >= 15 is 0 Å². The summed E-state index contributed by atoms with van der Waals surface area (Å²) in [7, 11) is 0. The average molecular weight is 251 g/mol. The van der Waals surface area contributed by atoms with Gasteiger partial charge in [-0.05, 0) is 5.56 Å². The molecule has 1 fully saturated rings. The van der Waals surface area contributed by atoms with Crippen LogP contribution in [0.3, 0.4) is 0 Å². The van der Waals surface area contributed by atoms with Crippen molar-refractivity contribution in [1.29, 1.82) is 0 Å². The Labute approximate surface area is 107 Å². The monoisotopic (exact) mass is 251 g/mol. The molecule has 0 aromatic heterocycles. The molecule has 1 saturated heterocycles. The van der Waals surface area contributed by atoms with E-state index in [1.165, 1.54) is 0 Å². The maximum atomic E-state index is 11.5. The smallest absolute Gasteiger partial charge is 0.223 e. The van der Waals surface area contributed by atoms with Crippen LogP contribution in [0, 0.1) is 0 Å². The van der Waals surface area contributed by atoms with E-state index in [2.05, 4.69) is 12.6 Å². The van der Waals surface area contributed by atoms with Crippen LogP contribution in [0.15, 0.2) is 30.3 Å². The predicted molar refractivity (Wildman–Crippen MR) is 70.1 cm³/mol. The summed E-state index contributed by atoms with van der Waals surface area (Å²) in [6.07, 6.45) is 0.557.